The molecule has 2 unspecified atom stereocenters. The fourth-order valence-corrected chi connectivity index (χ4v) is 3.32. The Kier molecular flexibility index (Phi) is 8.22. The van der Waals surface area contributed by atoms with Crippen LogP contribution in [0.4, 0.5) is 0 Å². The molecule has 5 nitrogen and oxygen atoms in total. The Bertz CT molecular complexity index is 516. The molecular weight excluding hydrogens is 310 g/mol. The van der Waals surface area contributed by atoms with Gasteiger partial charge in [0.2, 0.25) is 0 Å². The molecule has 0 spiro atoms. The number of likely N-dealkylation sites (N-methyl/N-ethyl adjacent to an activating group) is 1. The van der Waals surface area contributed by atoms with Crippen LogP contribution >= 0.6 is 0 Å². The predicted octanol–water partition coefficient (Wildman–Crippen LogP) is 2.16. The Hall–Kier alpha value is -1.59. The number of aliphatic imine (C=N–C) groups is 1. The Morgan fingerprint density at radius 2 is 2.08 bits per heavy atom. The van der Waals surface area contributed by atoms with E-state index in [4.69, 9.17) is 0 Å². The minimum atomic E-state index is 0.497. The third kappa shape index (κ3) is 6.67. The molecule has 140 valence electrons. The summed E-state index contributed by atoms with van der Waals surface area (Å²) < 4.78 is 0. The standard InChI is InChI=1S/C20H35N5/c1-5-24(4)14-12-22-20(21-3)23-19-11-13-25(17(2)15-19)16-18-9-7-6-8-10-18/h6-10,17,19H,5,11-16H2,1-4H3,(H2,21,22,23). The van der Waals surface area contributed by atoms with Gasteiger partial charge in [-0.1, -0.05) is 37.3 Å². The number of guanidine groups is 1. The molecule has 1 aromatic rings. The lowest BCUT2D eigenvalue weighted by atomic mass is 9.97. The molecule has 0 bridgehead atoms. The summed E-state index contributed by atoms with van der Waals surface area (Å²) in [6, 6.07) is 11.8. The zero-order valence-electron chi connectivity index (χ0n) is 16.3. The molecule has 0 saturated carbocycles. The molecule has 25 heavy (non-hydrogen) atoms. The Morgan fingerprint density at radius 1 is 1.32 bits per heavy atom. The van der Waals surface area contributed by atoms with Gasteiger partial charge in [0, 0.05) is 45.3 Å². The van der Waals surface area contributed by atoms with Crippen molar-refractivity contribution in [2.24, 2.45) is 4.99 Å². The van der Waals surface area contributed by atoms with Crippen LogP contribution in [-0.2, 0) is 6.54 Å². The molecule has 0 aliphatic carbocycles. The normalized spacial score (nSPS) is 22.2. The first-order valence-corrected chi connectivity index (χ1v) is 9.56. The maximum atomic E-state index is 4.38. The summed E-state index contributed by atoms with van der Waals surface area (Å²) >= 11 is 0. The summed E-state index contributed by atoms with van der Waals surface area (Å²) in [4.78, 5) is 9.26. The summed E-state index contributed by atoms with van der Waals surface area (Å²) in [5, 5.41) is 7.04. The van der Waals surface area contributed by atoms with E-state index in [0.717, 1.165) is 51.5 Å². The molecule has 1 saturated heterocycles. The smallest absolute Gasteiger partial charge is 0.191 e. The van der Waals surface area contributed by atoms with Gasteiger partial charge in [0.05, 0.1) is 0 Å². The molecule has 0 amide bonds. The molecule has 2 N–H and O–H groups in total. The first-order chi connectivity index (χ1) is 12.1. The van der Waals surface area contributed by atoms with E-state index in [2.05, 4.69) is 76.7 Å². The van der Waals surface area contributed by atoms with Crippen LogP contribution in [0.3, 0.4) is 0 Å². The van der Waals surface area contributed by atoms with Crippen LogP contribution < -0.4 is 10.6 Å². The van der Waals surface area contributed by atoms with E-state index in [1.807, 2.05) is 7.05 Å². The lowest BCUT2D eigenvalue weighted by Gasteiger charge is -2.38. The van der Waals surface area contributed by atoms with Crippen molar-refractivity contribution in [3.05, 3.63) is 35.9 Å². The Balaban J connectivity index is 1.75. The molecule has 1 aliphatic rings. The van der Waals surface area contributed by atoms with Crippen molar-refractivity contribution in [3.8, 4) is 0 Å². The van der Waals surface area contributed by atoms with E-state index in [9.17, 15) is 0 Å². The molecule has 2 atom stereocenters. The summed E-state index contributed by atoms with van der Waals surface area (Å²) in [6.07, 6.45) is 2.31. The van der Waals surface area contributed by atoms with Crippen molar-refractivity contribution in [1.82, 2.24) is 20.4 Å². The fourth-order valence-electron chi connectivity index (χ4n) is 3.32. The quantitative estimate of drug-likeness (QED) is 0.587. The van der Waals surface area contributed by atoms with Gasteiger partial charge in [-0.05, 0) is 38.9 Å². The van der Waals surface area contributed by atoms with Crippen LogP contribution in [0.25, 0.3) is 0 Å². The van der Waals surface area contributed by atoms with Gasteiger partial charge in [0.1, 0.15) is 0 Å². The largest absolute Gasteiger partial charge is 0.355 e. The third-order valence-corrected chi connectivity index (χ3v) is 5.13. The molecule has 0 radical (unpaired) electrons. The molecule has 0 aromatic heterocycles. The van der Waals surface area contributed by atoms with Crippen molar-refractivity contribution in [3.63, 3.8) is 0 Å². The highest BCUT2D eigenvalue weighted by Gasteiger charge is 2.25. The van der Waals surface area contributed by atoms with E-state index >= 15 is 0 Å². The van der Waals surface area contributed by atoms with Gasteiger partial charge < -0.3 is 15.5 Å². The third-order valence-electron chi connectivity index (χ3n) is 5.13. The van der Waals surface area contributed by atoms with Crippen LogP contribution in [0.5, 0.6) is 0 Å². The van der Waals surface area contributed by atoms with Crippen molar-refractivity contribution >= 4 is 5.96 Å². The van der Waals surface area contributed by atoms with Gasteiger partial charge >= 0.3 is 0 Å². The van der Waals surface area contributed by atoms with Gasteiger partial charge in [-0.3, -0.25) is 9.89 Å². The number of benzene rings is 1. The van der Waals surface area contributed by atoms with Gasteiger partial charge in [-0.2, -0.15) is 0 Å². The lowest BCUT2D eigenvalue weighted by molar-refractivity contribution is 0.134. The SMILES string of the molecule is CCN(C)CCNC(=NC)NC1CCN(Cc2ccccc2)C(C)C1. The molecule has 2 rings (SSSR count). The number of piperidine rings is 1. The molecule has 1 fully saturated rings. The van der Waals surface area contributed by atoms with Crippen LogP contribution in [0.15, 0.2) is 35.3 Å². The number of nitrogens with zero attached hydrogens (tertiary/aromatic N) is 3. The van der Waals surface area contributed by atoms with Crippen molar-refractivity contribution < 1.29 is 0 Å². The number of hydrogen-bond donors (Lipinski definition) is 2. The zero-order chi connectivity index (χ0) is 18.1. The van der Waals surface area contributed by atoms with E-state index in [1.54, 1.807) is 0 Å². The first kappa shape index (κ1) is 19.7. The highest BCUT2D eigenvalue weighted by Crippen LogP contribution is 2.19. The second-order valence-corrected chi connectivity index (χ2v) is 7.07. The maximum absolute atomic E-state index is 4.38. The summed E-state index contributed by atoms with van der Waals surface area (Å²) in [5.74, 6) is 0.929. The Morgan fingerprint density at radius 3 is 2.72 bits per heavy atom. The fraction of sp³-hybridized carbons (Fsp3) is 0.650. The highest BCUT2D eigenvalue weighted by molar-refractivity contribution is 5.79. The molecular formula is C20H35N5. The van der Waals surface area contributed by atoms with E-state index in [0.29, 0.717) is 12.1 Å². The van der Waals surface area contributed by atoms with Crippen LogP contribution in [-0.4, -0.2) is 68.1 Å². The number of likely N-dealkylation sites (tertiary alicyclic amines) is 1. The van der Waals surface area contributed by atoms with Crippen LogP contribution in [0.2, 0.25) is 0 Å². The molecule has 5 heteroatoms. The van der Waals surface area contributed by atoms with Crippen molar-refractivity contribution in [1.29, 1.82) is 0 Å². The minimum absolute atomic E-state index is 0.497. The second kappa shape index (κ2) is 10.4. The number of rotatable bonds is 7. The van der Waals surface area contributed by atoms with Crippen molar-refractivity contribution in [2.45, 2.75) is 45.3 Å². The molecule has 1 aromatic carbocycles. The minimum Gasteiger partial charge on any atom is -0.355 e. The average Bonchev–Trinajstić information content (AvgIpc) is 2.63. The van der Waals surface area contributed by atoms with Gasteiger partial charge in [-0.15, -0.1) is 0 Å². The lowest BCUT2D eigenvalue weighted by Crippen LogP contribution is -2.51. The van der Waals surface area contributed by atoms with Gasteiger partial charge in [0.15, 0.2) is 5.96 Å². The van der Waals surface area contributed by atoms with E-state index in [-0.39, 0.29) is 0 Å². The number of hydrogen-bond acceptors (Lipinski definition) is 3. The predicted molar refractivity (Wildman–Crippen MR) is 107 cm³/mol. The van der Waals surface area contributed by atoms with Crippen molar-refractivity contribution in [2.75, 3.05) is 40.3 Å². The topological polar surface area (TPSA) is 42.9 Å². The number of nitrogens with one attached hydrogen (secondary N) is 2. The van der Waals surface area contributed by atoms with Gasteiger partial charge in [-0.25, -0.2) is 0 Å². The zero-order valence-corrected chi connectivity index (χ0v) is 16.3. The Labute approximate surface area is 153 Å². The van der Waals surface area contributed by atoms with Crippen LogP contribution in [0.1, 0.15) is 32.3 Å². The van der Waals surface area contributed by atoms with Crippen LogP contribution in [0, 0.1) is 0 Å². The highest BCUT2D eigenvalue weighted by atomic mass is 15.2. The molecule has 1 heterocycles. The maximum Gasteiger partial charge on any atom is 0.191 e. The molecule has 1 aliphatic heterocycles. The first-order valence-electron chi connectivity index (χ1n) is 9.56. The summed E-state index contributed by atoms with van der Waals surface area (Å²) in [7, 11) is 3.99. The van der Waals surface area contributed by atoms with E-state index < -0.39 is 0 Å². The monoisotopic (exact) mass is 345 g/mol. The summed E-state index contributed by atoms with van der Waals surface area (Å²) in [5.41, 5.74) is 1.40. The second-order valence-electron chi connectivity index (χ2n) is 7.07. The van der Waals surface area contributed by atoms with Gasteiger partial charge in [0.25, 0.3) is 0 Å². The average molecular weight is 346 g/mol. The van der Waals surface area contributed by atoms with E-state index in [1.165, 1.54) is 5.56 Å². The summed E-state index contributed by atoms with van der Waals surface area (Å²) in [6.45, 7) is 9.72.